The molecule has 0 saturated carbocycles. The second-order valence-corrected chi connectivity index (χ2v) is 3.92. The Morgan fingerprint density at radius 1 is 1.39 bits per heavy atom. The minimum Gasteiger partial charge on any atom is -0.303 e. The molecule has 5 heteroatoms. The standard InChI is InChI=1S/C13H13NO4/c14-10-13(11-6-2-1-3-7-11)16-12(17-18-13)8-4-5-9-15/h1-3,6-7,9,12H,4-5,8H2. The maximum Gasteiger partial charge on any atom is 0.318 e. The highest BCUT2D eigenvalue weighted by atomic mass is 17.3. The SMILES string of the molecule is N#CC1(c2ccccc2)OOC(CCCC=O)O1. The monoisotopic (exact) mass is 247 g/mol. The van der Waals surface area contributed by atoms with E-state index in [9.17, 15) is 10.1 Å². The molecule has 1 aliphatic heterocycles. The molecular weight excluding hydrogens is 234 g/mol. The van der Waals surface area contributed by atoms with Gasteiger partial charge in [0.05, 0.1) is 0 Å². The van der Waals surface area contributed by atoms with Crippen molar-refractivity contribution in [2.24, 2.45) is 0 Å². The minimum absolute atomic E-state index is 0.439. The zero-order valence-corrected chi connectivity index (χ0v) is 9.74. The van der Waals surface area contributed by atoms with Gasteiger partial charge in [0.25, 0.3) is 0 Å². The Kier molecular flexibility index (Phi) is 4.05. The van der Waals surface area contributed by atoms with Crippen LogP contribution in [0.25, 0.3) is 0 Å². The third-order valence-electron chi connectivity index (χ3n) is 2.63. The summed E-state index contributed by atoms with van der Waals surface area (Å²) in [5.41, 5.74) is 0.588. The molecule has 0 bridgehead atoms. The molecule has 1 aromatic carbocycles. The molecule has 2 rings (SSSR count). The van der Waals surface area contributed by atoms with Crippen LogP contribution in [0.5, 0.6) is 0 Å². The summed E-state index contributed by atoms with van der Waals surface area (Å²) in [5, 5.41) is 9.22. The predicted octanol–water partition coefficient (Wildman–Crippen LogP) is 2.04. The number of hydrogen-bond donors (Lipinski definition) is 0. The van der Waals surface area contributed by atoms with E-state index in [0.717, 1.165) is 6.29 Å². The Morgan fingerprint density at radius 2 is 2.17 bits per heavy atom. The largest absolute Gasteiger partial charge is 0.318 e. The first-order valence-corrected chi connectivity index (χ1v) is 5.73. The smallest absolute Gasteiger partial charge is 0.303 e. The fraction of sp³-hybridized carbons (Fsp3) is 0.385. The number of aldehydes is 1. The van der Waals surface area contributed by atoms with Crippen molar-refractivity contribution in [2.45, 2.75) is 31.3 Å². The van der Waals surface area contributed by atoms with Crippen molar-refractivity contribution in [2.75, 3.05) is 0 Å². The topological polar surface area (TPSA) is 68.5 Å². The van der Waals surface area contributed by atoms with Gasteiger partial charge in [0, 0.05) is 18.4 Å². The number of rotatable bonds is 5. The molecule has 1 fully saturated rings. The first kappa shape index (κ1) is 12.7. The summed E-state index contributed by atoms with van der Waals surface area (Å²) >= 11 is 0. The maximum atomic E-state index is 10.2. The van der Waals surface area contributed by atoms with E-state index in [1.54, 1.807) is 24.3 Å². The quantitative estimate of drug-likeness (QED) is 0.452. The number of ether oxygens (including phenoxy) is 1. The van der Waals surface area contributed by atoms with Crippen molar-refractivity contribution in [3.63, 3.8) is 0 Å². The molecule has 0 N–H and O–H groups in total. The van der Waals surface area contributed by atoms with Gasteiger partial charge < -0.3 is 4.79 Å². The molecule has 0 radical (unpaired) electrons. The van der Waals surface area contributed by atoms with Crippen LogP contribution >= 0.6 is 0 Å². The van der Waals surface area contributed by atoms with Gasteiger partial charge in [-0.05, 0) is 6.42 Å². The van der Waals surface area contributed by atoms with Gasteiger partial charge in [-0.15, -0.1) is 0 Å². The average molecular weight is 247 g/mol. The number of nitrogens with zero attached hydrogens (tertiary/aromatic N) is 1. The zero-order valence-electron chi connectivity index (χ0n) is 9.74. The highest BCUT2D eigenvalue weighted by molar-refractivity contribution is 5.48. The van der Waals surface area contributed by atoms with Gasteiger partial charge in [-0.2, -0.15) is 15.0 Å². The third kappa shape index (κ3) is 2.57. The molecule has 0 spiro atoms. The number of carbonyl (C=O) groups excluding carboxylic acids is 1. The van der Waals surface area contributed by atoms with E-state index in [-0.39, 0.29) is 0 Å². The maximum absolute atomic E-state index is 10.2. The molecule has 2 atom stereocenters. The highest BCUT2D eigenvalue weighted by Gasteiger charge is 2.45. The number of carbonyl (C=O) groups is 1. The average Bonchev–Trinajstić information content (AvgIpc) is 2.85. The first-order valence-electron chi connectivity index (χ1n) is 5.73. The van der Waals surface area contributed by atoms with Crippen LogP contribution in [0.1, 0.15) is 24.8 Å². The molecule has 1 aromatic rings. The summed E-state index contributed by atoms with van der Waals surface area (Å²) in [6.07, 6.45) is 1.80. The Labute approximate surface area is 105 Å². The van der Waals surface area contributed by atoms with Crippen molar-refractivity contribution in [3.8, 4) is 6.07 Å². The lowest BCUT2D eigenvalue weighted by Crippen LogP contribution is -2.25. The van der Waals surface area contributed by atoms with E-state index >= 15 is 0 Å². The van der Waals surface area contributed by atoms with Crippen LogP contribution in [0.3, 0.4) is 0 Å². The molecule has 1 aliphatic rings. The lowest BCUT2D eigenvalue weighted by Gasteiger charge is -2.16. The van der Waals surface area contributed by atoms with Crippen LogP contribution in [0.15, 0.2) is 30.3 Å². The summed E-state index contributed by atoms with van der Waals surface area (Å²) < 4.78 is 5.51. The minimum atomic E-state index is -1.51. The molecule has 5 nitrogen and oxygen atoms in total. The fourth-order valence-corrected chi connectivity index (χ4v) is 1.70. The summed E-state index contributed by atoms with van der Waals surface area (Å²) in [7, 11) is 0. The number of benzene rings is 1. The van der Waals surface area contributed by atoms with E-state index in [4.69, 9.17) is 14.5 Å². The third-order valence-corrected chi connectivity index (χ3v) is 2.63. The van der Waals surface area contributed by atoms with Gasteiger partial charge in [-0.25, -0.2) is 0 Å². The van der Waals surface area contributed by atoms with E-state index in [2.05, 4.69) is 0 Å². The zero-order chi connectivity index (χ0) is 12.8. The Morgan fingerprint density at radius 3 is 2.83 bits per heavy atom. The summed E-state index contributed by atoms with van der Waals surface area (Å²) in [5.74, 6) is -1.51. The van der Waals surface area contributed by atoms with Crippen molar-refractivity contribution in [1.82, 2.24) is 0 Å². The second kappa shape index (κ2) is 5.74. The molecule has 2 unspecified atom stereocenters. The normalized spacial score (nSPS) is 26.7. The van der Waals surface area contributed by atoms with Crippen LogP contribution in [0, 0.1) is 11.3 Å². The first-order chi connectivity index (χ1) is 8.80. The molecular formula is C13H13NO4. The van der Waals surface area contributed by atoms with Crippen LogP contribution in [0.2, 0.25) is 0 Å². The molecule has 0 amide bonds. The lowest BCUT2D eigenvalue weighted by molar-refractivity contribution is -0.319. The van der Waals surface area contributed by atoms with Crippen molar-refractivity contribution in [1.29, 1.82) is 5.26 Å². The van der Waals surface area contributed by atoms with E-state index in [1.165, 1.54) is 0 Å². The number of unbranched alkanes of at least 4 members (excludes halogenated alkanes) is 1. The molecule has 18 heavy (non-hydrogen) atoms. The van der Waals surface area contributed by atoms with E-state index in [1.807, 2.05) is 12.1 Å². The fourth-order valence-electron chi connectivity index (χ4n) is 1.70. The van der Waals surface area contributed by atoms with Gasteiger partial charge in [-0.1, -0.05) is 30.3 Å². The molecule has 0 aliphatic carbocycles. The number of nitriles is 1. The van der Waals surface area contributed by atoms with Crippen LogP contribution < -0.4 is 0 Å². The number of hydrogen-bond acceptors (Lipinski definition) is 5. The van der Waals surface area contributed by atoms with Gasteiger partial charge >= 0.3 is 5.79 Å². The summed E-state index contributed by atoms with van der Waals surface area (Å²) in [6.45, 7) is 0. The second-order valence-electron chi connectivity index (χ2n) is 3.92. The van der Waals surface area contributed by atoms with Gasteiger partial charge in [0.15, 0.2) is 6.29 Å². The Hall–Kier alpha value is -1.74. The van der Waals surface area contributed by atoms with Crippen LogP contribution in [0.4, 0.5) is 0 Å². The van der Waals surface area contributed by atoms with Crippen LogP contribution in [-0.2, 0) is 25.1 Å². The Balaban J connectivity index is 2.04. The van der Waals surface area contributed by atoms with Gasteiger partial charge in [0.1, 0.15) is 12.4 Å². The summed E-state index contributed by atoms with van der Waals surface area (Å²) in [4.78, 5) is 20.3. The van der Waals surface area contributed by atoms with Crippen LogP contribution in [-0.4, -0.2) is 12.6 Å². The van der Waals surface area contributed by atoms with Crippen molar-refractivity contribution < 1.29 is 19.3 Å². The molecule has 1 heterocycles. The molecule has 1 saturated heterocycles. The molecule has 94 valence electrons. The van der Waals surface area contributed by atoms with E-state index in [0.29, 0.717) is 24.8 Å². The molecule has 0 aromatic heterocycles. The predicted molar refractivity (Wildman–Crippen MR) is 60.7 cm³/mol. The van der Waals surface area contributed by atoms with Crippen molar-refractivity contribution >= 4 is 6.29 Å². The lowest BCUT2D eigenvalue weighted by atomic mass is 10.1. The van der Waals surface area contributed by atoms with Crippen molar-refractivity contribution in [3.05, 3.63) is 35.9 Å². The Bertz CT molecular complexity index is 442. The van der Waals surface area contributed by atoms with Gasteiger partial charge in [0.2, 0.25) is 0 Å². The van der Waals surface area contributed by atoms with Gasteiger partial charge in [-0.3, -0.25) is 4.74 Å². The summed E-state index contributed by atoms with van der Waals surface area (Å²) in [6, 6.07) is 10.9. The highest BCUT2D eigenvalue weighted by Crippen LogP contribution is 2.35. The van der Waals surface area contributed by atoms with E-state index < -0.39 is 12.1 Å².